The minimum Gasteiger partial charge on any atom is -0.507 e. The maximum absolute atomic E-state index is 14.9. The van der Waals surface area contributed by atoms with Gasteiger partial charge in [-0.2, -0.15) is 0 Å². The van der Waals surface area contributed by atoms with Gasteiger partial charge in [-0.1, -0.05) is 54.6 Å². The lowest BCUT2D eigenvalue weighted by Crippen LogP contribution is -2.67. The fourth-order valence-corrected chi connectivity index (χ4v) is 7.42. The average molecular weight is 765 g/mol. The third kappa shape index (κ3) is 6.32. The van der Waals surface area contributed by atoms with E-state index in [1.165, 1.54) is 25.1 Å². The van der Waals surface area contributed by atoms with E-state index in [-0.39, 0.29) is 56.7 Å². The van der Waals surface area contributed by atoms with E-state index in [0.29, 0.717) is 11.8 Å². The third-order valence-electron chi connectivity index (χ3n) is 10.2. The van der Waals surface area contributed by atoms with Crippen LogP contribution in [-0.2, 0) is 29.2 Å². The number of aldehydes is 1. The Balaban J connectivity index is 1.48. The molecule has 1 heterocycles. The monoisotopic (exact) mass is 764 g/mol. The molecule has 4 atom stereocenters. The molecule has 0 unspecified atom stereocenters. The topological polar surface area (TPSA) is 238 Å². The van der Waals surface area contributed by atoms with Crippen molar-refractivity contribution >= 4 is 34.6 Å². The Labute approximate surface area is 318 Å². The molecule has 1 fully saturated rings. The SMILES string of the molecule is CC(=O)Oc1cc(CO)c2c(c1-c1ccc3ccccc3c1)C(=O)c1cc(O[C@H]3O[C@@H](C)[C@@H](O)C(O)(O)[C@H]3O)c(Cc3cccc(CO)c3C=O)c(O)c1C2=O. The number of carbonyl (C=O) groups excluding carboxylic acids is 4. The van der Waals surface area contributed by atoms with Gasteiger partial charge in [0.1, 0.15) is 23.4 Å². The summed E-state index contributed by atoms with van der Waals surface area (Å²) >= 11 is 0. The van der Waals surface area contributed by atoms with Crippen LogP contribution in [0.1, 0.15) is 78.3 Å². The van der Waals surface area contributed by atoms with Crippen molar-refractivity contribution in [2.75, 3.05) is 0 Å². The van der Waals surface area contributed by atoms with Crippen molar-refractivity contribution in [3.8, 4) is 28.4 Å². The Hall–Kier alpha value is -5.84. The van der Waals surface area contributed by atoms with Crippen molar-refractivity contribution in [3.05, 3.63) is 123 Å². The molecular weight excluding hydrogens is 728 g/mol. The zero-order valence-electron chi connectivity index (χ0n) is 29.9. The van der Waals surface area contributed by atoms with Crippen LogP contribution in [0.3, 0.4) is 0 Å². The molecule has 0 radical (unpaired) electrons. The lowest BCUT2D eigenvalue weighted by molar-refractivity contribution is -0.371. The number of ether oxygens (including phenoxy) is 3. The van der Waals surface area contributed by atoms with Crippen LogP contribution < -0.4 is 9.47 Å². The summed E-state index contributed by atoms with van der Waals surface area (Å²) in [7, 11) is 0. The number of phenols is 1. The van der Waals surface area contributed by atoms with E-state index in [0.717, 1.165) is 23.8 Å². The summed E-state index contributed by atoms with van der Waals surface area (Å²) in [5.74, 6) is -6.95. The molecular formula is C42H36O14. The fraction of sp³-hybridized carbons (Fsp3) is 0.238. The van der Waals surface area contributed by atoms with Crippen LogP contribution in [0.15, 0.2) is 72.8 Å². The van der Waals surface area contributed by atoms with E-state index in [9.17, 15) is 54.9 Å². The highest BCUT2D eigenvalue weighted by Crippen LogP contribution is 2.48. The van der Waals surface area contributed by atoms with Crippen molar-refractivity contribution in [1.29, 1.82) is 0 Å². The molecule has 288 valence electrons. The van der Waals surface area contributed by atoms with Crippen LogP contribution in [-0.4, -0.2) is 90.0 Å². The molecule has 7 N–H and O–H groups in total. The highest BCUT2D eigenvalue weighted by Gasteiger charge is 2.54. The summed E-state index contributed by atoms with van der Waals surface area (Å²) in [6.45, 7) is 1.14. The number of aromatic hydroxyl groups is 1. The maximum Gasteiger partial charge on any atom is 0.308 e. The minimum atomic E-state index is -3.13. The summed E-state index contributed by atoms with van der Waals surface area (Å²) in [5.41, 5.74) is -0.763. The molecule has 0 spiro atoms. The van der Waals surface area contributed by atoms with E-state index in [1.54, 1.807) is 30.3 Å². The quantitative estimate of drug-likeness (QED) is 0.0485. The number of phenolic OH excluding ortho intramolecular Hbond substituents is 1. The molecule has 0 aromatic heterocycles. The molecule has 14 heteroatoms. The second kappa shape index (κ2) is 14.7. The molecule has 1 aliphatic carbocycles. The van der Waals surface area contributed by atoms with Gasteiger partial charge in [0.05, 0.1) is 24.9 Å². The van der Waals surface area contributed by atoms with Gasteiger partial charge in [-0.15, -0.1) is 0 Å². The highest BCUT2D eigenvalue weighted by molar-refractivity contribution is 6.32. The van der Waals surface area contributed by atoms with Crippen LogP contribution in [0.4, 0.5) is 0 Å². The largest absolute Gasteiger partial charge is 0.507 e. The first-order valence-electron chi connectivity index (χ1n) is 17.5. The van der Waals surface area contributed by atoms with Gasteiger partial charge < -0.3 is 50.0 Å². The lowest BCUT2D eigenvalue weighted by Gasteiger charge is -2.44. The molecule has 14 nitrogen and oxygen atoms in total. The minimum absolute atomic E-state index is 0.0452. The van der Waals surface area contributed by atoms with Crippen LogP contribution in [0.25, 0.3) is 21.9 Å². The number of fused-ring (bicyclic) bond motifs is 3. The van der Waals surface area contributed by atoms with Crippen molar-refractivity contribution < 1.29 is 69.1 Å². The van der Waals surface area contributed by atoms with Crippen molar-refractivity contribution in [2.45, 2.75) is 63.9 Å². The summed E-state index contributed by atoms with van der Waals surface area (Å²) < 4.78 is 17.1. The van der Waals surface area contributed by atoms with Gasteiger partial charge >= 0.3 is 5.97 Å². The molecule has 1 saturated heterocycles. The van der Waals surface area contributed by atoms with Gasteiger partial charge in [0.15, 0.2) is 24.0 Å². The Kier molecular flexibility index (Phi) is 10.1. The third-order valence-corrected chi connectivity index (χ3v) is 10.2. The number of carbonyl (C=O) groups is 4. The van der Waals surface area contributed by atoms with E-state index in [2.05, 4.69) is 0 Å². The van der Waals surface area contributed by atoms with Crippen molar-refractivity contribution in [2.24, 2.45) is 0 Å². The number of rotatable bonds is 9. The highest BCUT2D eigenvalue weighted by atomic mass is 16.7. The zero-order chi connectivity index (χ0) is 40.2. The van der Waals surface area contributed by atoms with Gasteiger partial charge in [-0.05, 0) is 58.1 Å². The van der Waals surface area contributed by atoms with E-state index < -0.39 is 83.8 Å². The number of hydrogen-bond donors (Lipinski definition) is 7. The molecule has 1 aliphatic heterocycles. The number of benzene rings is 5. The predicted octanol–water partition coefficient (Wildman–Crippen LogP) is 2.83. The standard InChI is InChI=1S/C42H36O14/c1-19-39(50)42(52,53)40(51)41(54-19)56-30-15-28-34(36(47)27(30)13-23-8-5-9-25(16-43)29(23)18-45)38(49)33-26(17-44)14-31(55-20(2)46)32(35(33)37(28)48)24-11-10-21-6-3-4-7-22(21)12-24/h3-12,14-15,18-19,39-41,43-44,47,50-53H,13,16-17H2,1-2H3/t19-,39+,40-,41+/m0/s1. The summed E-state index contributed by atoms with van der Waals surface area (Å²) in [4.78, 5) is 54.2. The van der Waals surface area contributed by atoms with E-state index in [4.69, 9.17) is 14.2 Å². The van der Waals surface area contributed by atoms with Gasteiger partial charge in [0, 0.05) is 46.7 Å². The van der Waals surface area contributed by atoms with Crippen LogP contribution in [0.5, 0.6) is 17.2 Å². The first-order chi connectivity index (χ1) is 26.7. The predicted molar refractivity (Wildman–Crippen MR) is 196 cm³/mol. The molecule has 5 aromatic carbocycles. The molecule has 0 amide bonds. The van der Waals surface area contributed by atoms with E-state index in [1.807, 2.05) is 18.2 Å². The smallest absolute Gasteiger partial charge is 0.308 e. The Bertz CT molecular complexity index is 2450. The Morgan fingerprint density at radius 3 is 2.18 bits per heavy atom. The van der Waals surface area contributed by atoms with Gasteiger partial charge in [0.25, 0.3) is 0 Å². The van der Waals surface area contributed by atoms with E-state index >= 15 is 0 Å². The molecule has 2 aliphatic rings. The number of hydrogen-bond acceptors (Lipinski definition) is 14. The summed E-state index contributed by atoms with van der Waals surface area (Å²) in [5, 5.41) is 76.4. The number of aliphatic hydroxyl groups is 6. The molecule has 7 rings (SSSR count). The first-order valence-corrected chi connectivity index (χ1v) is 17.5. The van der Waals surface area contributed by atoms with Gasteiger partial charge in [0.2, 0.25) is 12.1 Å². The molecule has 0 saturated carbocycles. The second-order valence-corrected chi connectivity index (χ2v) is 13.7. The lowest BCUT2D eigenvalue weighted by atomic mass is 9.76. The Morgan fingerprint density at radius 1 is 0.804 bits per heavy atom. The van der Waals surface area contributed by atoms with Crippen LogP contribution in [0.2, 0.25) is 0 Å². The maximum atomic E-state index is 14.9. The Morgan fingerprint density at radius 2 is 1.50 bits per heavy atom. The summed E-state index contributed by atoms with van der Waals surface area (Å²) in [6.07, 6.45) is -7.39. The second-order valence-electron chi connectivity index (χ2n) is 13.7. The van der Waals surface area contributed by atoms with Gasteiger partial charge in [-0.3, -0.25) is 19.2 Å². The fourth-order valence-electron chi connectivity index (χ4n) is 7.42. The van der Waals surface area contributed by atoms with Crippen LogP contribution >= 0.6 is 0 Å². The number of ketones is 2. The molecule has 5 aromatic rings. The van der Waals surface area contributed by atoms with Crippen molar-refractivity contribution in [3.63, 3.8) is 0 Å². The van der Waals surface area contributed by atoms with Gasteiger partial charge in [-0.25, -0.2) is 0 Å². The summed E-state index contributed by atoms with van der Waals surface area (Å²) in [6, 6.07) is 19.5. The van der Waals surface area contributed by atoms with Crippen LogP contribution in [0, 0.1) is 0 Å². The average Bonchev–Trinajstić information content (AvgIpc) is 3.18. The zero-order valence-corrected chi connectivity index (χ0v) is 29.9. The number of aliphatic hydroxyl groups excluding tert-OH is 4. The number of esters is 1. The molecule has 56 heavy (non-hydrogen) atoms. The molecule has 0 bridgehead atoms. The van der Waals surface area contributed by atoms with Crippen molar-refractivity contribution in [1.82, 2.24) is 0 Å². The first kappa shape index (κ1) is 38.4. The normalized spacial score (nSPS) is 20.0.